The lowest BCUT2D eigenvalue weighted by atomic mass is 10.2. The molecule has 2 rings (SSSR count). The number of aromatic nitrogens is 1. The summed E-state index contributed by atoms with van der Waals surface area (Å²) in [7, 11) is 1.91. The van der Waals surface area contributed by atoms with Crippen molar-refractivity contribution in [3.8, 4) is 5.75 Å². The molecule has 0 saturated heterocycles. The Bertz CT molecular complexity index is 579. The monoisotopic (exact) mass is 310 g/mol. The number of halogens is 2. The minimum Gasteiger partial charge on any atom is -0.489 e. The number of pyridine rings is 1. The third-order valence-corrected chi connectivity index (χ3v) is 3.46. The Balaban J connectivity index is 2.11. The van der Waals surface area contributed by atoms with Crippen molar-refractivity contribution in [2.24, 2.45) is 0 Å². The van der Waals surface area contributed by atoms with Crippen LogP contribution in [-0.2, 0) is 13.2 Å². The van der Waals surface area contributed by atoms with Gasteiger partial charge in [-0.25, -0.2) is 4.98 Å². The van der Waals surface area contributed by atoms with Gasteiger partial charge in [-0.05, 0) is 37.7 Å². The highest BCUT2D eigenvalue weighted by Gasteiger charge is 2.09. The zero-order valence-corrected chi connectivity index (χ0v) is 12.9. The van der Waals surface area contributed by atoms with Crippen molar-refractivity contribution >= 4 is 23.2 Å². The molecule has 0 aliphatic rings. The molecule has 0 atom stereocenters. The molecule has 0 saturated carbocycles. The lowest BCUT2D eigenvalue weighted by Crippen LogP contribution is -2.05. The van der Waals surface area contributed by atoms with E-state index in [4.69, 9.17) is 27.9 Å². The van der Waals surface area contributed by atoms with E-state index >= 15 is 0 Å². The Kier molecular flexibility index (Phi) is 5.24. The highest BCUT2D eigenvalue weighted by atomic mass is 35.5. The molecule has 1 heterocycles. The van der Waals surface area contributed by atoms with Crippen LogP contribution in [0.3, 0.4) is 0 Å². The normalized spacial score (nSPS) is 10.6. The average Bonchev–Trinajstić information content (AvgIpc) is 2.38. The van der Waals surface area contributed by atoms with Gasteiger partial charge in [0.1, 0.15) is 17.5 Å². The summed E-state index contributed by atoms with van der Waals surface area (Å²) in [5.74, 6) is 0.783. The predicted molar refractivity (Wildman–Crippen MR) is 82.5 cm³/mol. The maximum atomic E-state index is 6.17. The topological polar surface area (TPSA) is 34.1 Å². The van der Waals surface area contributed by atoms with Gasteiger partial charge in [0.2, 0.25) is 0 Å². The number of ether oxygens (including phenoxy) is 1. The van der Waals surface area contributed by atoms with Crippen molar-refractivity contribution in [3.63, 3.8) is 0 Å². The summed E-state index contributed by atoms with van der Waals surface area (Å²) in [4.78, 5) is 4.18. The molecule has 0 amide bonds. The Morgan fingerprint density at radius 3 is 2.75 bits per heavy atom. The van der Waals surface area contributed by atoms with Gasteiger partial charge in [0, 0.05) is 17.8 Å². The summed E-state index contributed by atoms with van der Waals surface area (Å²) in [6.45, 7) is 2.95. The van der Waals surface area contributed by atoms with Crippen LogP contribution in [0.2, 0.25) is 10.2 Å². The minimum atomic E-state index is 0.300. The second-order valence-corrected chi connectivity index (χ2v) is 5.25. The second-order valence-electron chi connectivity index (χ2n) is 4.48. The molecule has 2 aromatic rings. The predicted octanol–water partition coefficient (Wildman–Crippen LogP) is 4.00. The number of aryl methyl sites for hydroxylation is 1. The molecule has 106 valence electrons. The van der Waals surface area contributed by atoms with Crippen LogP contribution in [0.4, 0.5) is 0 Å². The molecule has 0 spiro atoms. The average molecular weight is 311 g/mol. The van der Waals surface area contributed by atoms with Crippen molar-refractivity contribution in [1.82, 2.24) is 10.3 Å². The van der Waals surface area contributed by atoms with Gasteiger partial charge in [-0.3, -0.25) is 0 Å². The summed E-state index contributed by atoms with van der Waals surface area (Å²) in [6, 6.07) is 9.67. The molecule has 1 aromatic carbocycles. The van der Waals surface area contributed by atoms with Crippen molar-refractivity contribution in [2.45, 2.75) is 20.1 Å². The van der Waals surface area contributed by atoms with Crippen LogP contribution in [-0.4, -0.2) is 12.0 Å². The van der Waals surface area contributed by atoms with Crippen LogP contribution in [0, 0.1) is 6.92 Å². The van der Waals surface area contributed by atoms with Crippen LogP contribution < -0.4 is 10.1 Å². The van der Waals surface area contributed by atoms with Crippen molar-refractivity contribution in [2.75, 3.05) is 7.05 Å². The zero-order chi connectivity index (χ0) is 14.5. The molecule has 5 heteroatoms. The Morgan fingerprint density at radius 2 is 2.05 bits per heavy atom. The number of hydrogen-bond donors (Lipinski definition) is 1. The fourth-order valence-electron chi connectivity index (χ4n) is 1.86. The largest absolute Gasteiger partial charge is 0.489 e. The van der Waals surface area contributed by atoms with Gasteiger partial charge >= 0.3 is 0 Å². The van der Waals surface area contributed by atoms with Crippen molar-refractivity contribution in [1.29, 1.82) is 0 Å². The van der Waals surface area contributed by atoms with Crippen LogP contribution in [0.5, 0.6) is 5.75 Å². The van der Waals surface area contributed by atoms with E-state index < -0.39 is 0 Å². The van der Waals surface area contributed by atoms with Crippen LogP contribution in [0.1, 0.15) is 16.8 Å². The van der Waals surface area contributed by atoms with E-state index in [1.165, 1.54) is 0 Å². The first-order valence-corrected chi connectivity index (χ1v) is 7.03. The van der Waals surface area contributed by atoms with Gasteiger partial charge < -0.3 is 10.1 Å². The van der Waals surface area contributed by atoms with Gasteiger partial charge in [-0.15, -0.1) is 0 Å². The van der Waals surface area contributed by atoms with Gasteiger partial charge in [0.05, 0.1) is 5.02 Å². The van der Waals surface area contributed by atoms with E-state index in [-0.39, 0.29) is 0 Å². The molecular formula is C15H16Cl2N2O. The van der Waals surface area contributed by atoms with E-state index in [1.807, 2.05) is 38.2 Å². The standard InChI is InChI=1S/C15H16Cl2N2O/c1-10-6-14(16)13(15(17)19-10)9-20-12-5-3-4-11(7-12)8-18-2/h3-7,18H,8-9H2,1-2H3. The molecule has 0 unspecified atom stereocenters. The van der Waals surface area contributed by atoms with Gasteiger partial charge in [-0.1, -0.05) is 35.3 Å². The first-order valence-electron chi connectivity index (χ1n) is 6.28. The SMILES string of the molecule is CNCc1cccc(OCc2c(Cl)cc(C)nc2Cl)c1. The first kappa shape index (κ1) is 15.1. The first-order chi connectivity index (χ1) is 9.60. The fourth-order valence-corrected chi connectivity index (χ4v) is 2.50. The van der Waals surface area contributed by atoms with Crippen LogP contribution >= 0.6 is 23.2 Å². The molecule has 0 aliphatic carbocycles. The highest BCUT2D eigenvalue weighted by Crippen LogP contribution is 2.25. The molecule has 0 aliphatic heterocycles. The number of rotatable bonds is 5. The summed E-state index contributed by atoms with van der Waals surface area (Å²) < 4.78 is 5.74. The Hall–Kier alpha value is -1.29. The lowest BCUT2D eigenvalue weighted by Gasteiger charge is -2.11. The third kappa shape index (κ3) is 3.85. The minimum absolute atomic E-state index is 0.300. The zero-order valence-electron chi connectivity index (χ0n) is 11.4. The fraction of sp³-hybridized carbons (Fsp3) is 0.267. The van der Waals surface area contributed by atoms with E-state index in [0.29, 0.717) is 22.3 Å². The number of benzene rings is 1. The quantitative estimate of drug-likeness (QED) is 0.848. The molecule has 0 radical (unpaired) electrons. The Morgan fingerprint density at radius 1 is 1.25 bits per heavy atom. The number of hydrogen-bond acceptors (Lipinski definition) is 3. The smallest absolute Gasteiger partial charge is 0.137 e. The lowest BCUT2D eigenvalue weighted by molar-refractivity contribution is 0.305. The molecule has 1 N–H and O–H groups in total. The van der Waals surface area contributed by atoms with Crippen molar-refractivity contribution < 1.29 is 4.74 Å². The Labute approximate surface area is 128 Å². The van der Waals surface area contributed by atoms with E-state index in [2.05, 4.69) is 10.3 Å². The molecular weight excluding hydrogens is 295 g/mol. The van der Waals surface area contributed by atoms with E-state index in [9.17, 15) is 0 Å². The molecule has 0 fully saturated rings. The van der Waals surface area contributed by atoms with E-state index in [0.717, 1.165) is 23.6 Å². The molecule has 0 bridgehead atoms. The summed E-state index contributed by atoms with van der Waals surface area (Å²) >= 11 is 12.3. The van der Waals surface area contributed by atoms with Crippen LogP contribution in [0.15, 0.2) is 30.3 Å². The van der Waals surface area contributed by atoms with Gasteiger partial charge in [0.15, 0.2) is 0 Å². The van der Waals surface area contributed by atoms with E-state index in [1.54, 1.807) is 6.07 Å². The second kappa shape index (κ2) is 6.93. The summed E-state index contributed by atoms with van der Waals surface area (Å²) in [6.07, 6.45) is 0. The maximum absolute atomic E-state index is 6.17. The van der Waals surface area contributed by atoms with Crippen molar-refractivity contribution in [3.05, 3.63) is 57.3 Å². The third-order valence-electron chi connectivity index (χ3n) is 2.81. The highest BCUT2D eigenvalue weighted by molar-refractivity contribution is 6.35. The molecule has 1 aromatic heterocycles. The number of nitrogens with zero attached hydrogens (tertiary/aromatic N) is 1. The number of nitrogens with one attached hydrogen (secondary N) is 1. The van der Waals surface area contributed by atoms with Gasteiger partial charge in [-0.2, -0.15) is 0 Å². The molecule has 3 nitrogen and oxygen atoms in total. The van der Waals surface area contributed by atoms with Crippen LogP contribution in [0.25, 0.3) is 0 Å². The molecule has 20 heavy (non-hydrogen) atoms. The maximum Gasteiger partial charge on any atom is 0.137 e. The summed E-state index contributed by atoms with van der Waals surface area (Å²) in [5.41, 5.74) is 2.65. The summed E-state index contributed by atoms with van der Waals surface area (Å²) in [5, 5.41) is 4.07. The van der Waals surface area contributed by atoms with Gasteiger partial charge in [0.25, 0.3) is 0 Å².